The zero-order valence-corrected chi connectivity index (χ0v) is 12.0. The average molecular weight is 281 g/mol. The molecule has 0 heterocycles. The fourth-order valence-corrected chi connectivity index (χ4v) is 2.76. The number of hydrogen-bond donors (Lipinski definition) is 2. The number of nitrogens with zero attached hydrogens (tertiary/aromatic N) is 2. The maximum absolute atomic E-state index is 11.9. The van der Waals surface area contributed by atoms with Gasteiger partial charge in [0.05, 0.1) is 18.9 Å². The minimum absolute atomic E-state index is 0.106. The van der Waals surface area contributed by atoms with Gasteiger partial charge >= 0.3 is 12.0 Å². The van der Waals surface area contributed by atoms with Crippen LogP contribution in [0.5, 0.6) is 0 Å². The Hall–Kier alpha value is -1.77. The second-order valence-electron chi connectivity index (χ2n) is 5.62. The summed E-state index contributed by atoms with van der Waals surface area (Å²) in [5, 5.41) is 20.4. The van der Waals surface area contributed by atoms with Crippen LogP contribution in [-0.2, 0) is 4.79 Å². The van der Waals surface area contributed by atoms with Crippen LogP contribution >= 0.6 is 0 Å². The van der Waals surface area contributed by atoms with Crippen LogP contribution in [0, 0.1) is 16.7 Å². The molecule has 0 aliphatic heterocycles. The third kappa shape index (κ3) is 5.08. The Balaban J connectivity index is 2.51. The highest BCUT2D eigenvalue weighted by Gasteiger charge is 2.34. The third-order valence-electron chi connectivity index (χ3n) is 3.96. The molecule has 0 aromatic carbocycles. The summed E-state index contributed by atoms with van der Waals surface area (Å²) in [7, 11) is 1.64. The van der Waals surface area contributed by atoms with Crippen molar-refractivity contribution in [3.8, 4) is 6.07 Å². The topological polar surface area (TPSA) is 93.4 Å². The largest absolute Gasteiger partial charge is 0.481 e. The van der Waals surface area contributed by atoms with Crippen LogP contribution in [0.4, 0.5) is 4.79 Å². The zero-order valence-electron chi connectivity index (χ0n) is 12.0. The molecule has 20 heavy (non-hydrogen) atoms. The lowest BCUT2D eigenvalue weighted by Crippen LogP contribution is -2.45. The Bertz CT molecular complexity index is 384. The second-order valence-corrected chi connectivity index (χ2v) is 5.62. The lowest BCUT2D eigenvalue weighted by Gasteiger charge is -2.36. The van der Waals surface area contributed by atoms with Crippen molar-refractivity contribution in [1.82, 2.24) is 10.2 Å². The normalized spacial score (nSPS) is 17.0. The molecule has 112 valence electrons. The first-order chi connectivity index (χ1) is 9.49. The Labute approximate surface area is 119 Å². The molecule has 1 rings (SSSR count). The summed E-state index contributed by atoms with van der Waals surface area (Å²) in [5.74, 6) is -0.806. The number of nitrogens with one attached hydrogen (secondary N) is 1. The Morgan fingerprint density at radius 1 is 1.35 bits per heavy atom. The highest BCUT2D eigenvalue weighted by Crippen LogP contribution is 2.38. The van der Waals surface area contributed by atoms with Crippen LogP contribution in [-0.4, -0.2) is 42.1 Å². The van der Waals surface area contributed by atoms with E-state index in [0.717, 1.165) is 32.1 Å². The molecule has 1 aliphatic rings. The summed E-state index contributed by atoms with van der Waals surface area (Å²) in [6, 6.07) is 1.75. The number of rotatable bonds is 6. The second kappa shape index (κ2) is 7.73. The standard InChI is InChI=1S/C14H23N3O3/c1-17(9-5-8-15)13(20)16-11-14(10-12(18)19)6-3-2-4-7-14/h2-7,9-11H2,1H3,(H,16,20)(H,18,19). The molecule has 1 fully saturated rings. The van der Waals surface area contributed by atoms with Crippen LogP contribution in [0.1, 0.15) is 44.9 Å². The number of aliphatic carboxylic acids is 1. The number of carbonyl (C=O) groups excluding carboxylic acids is 1. The zero-order chi connectivity index (χ0) is 15.0. The van der Waals surface area contributed by atoms with Gasteiger partial charge in [0.15, 0.2) is 0 Å². The van der Waals surface area contributed by atoms with Crippen LogP contribution in [0.25, 0.3) is 0 Å². The molecule has 1 aliphatic carbocycles. The molecular formula is C14H23N3O3. The van der Waals surface area contributed by atoms with E-state index in [0.29, 0.717) is 19.5 Å². The van der Waals surface area contributed by atoms with Gasteiger partial charge in [-0.3, -0.25) is 4.79 Å². The molecule has 0 atom stereocenters. The minimum atomic E-state index is -0.806. The quantitative estimate of drug-likeness (QED) is 0.778. The third-order valence-corrected chi connectivity index (χ3v) is 3.96. The molecule has 6 heteroatoms. The van der Waals surface area contributed by atoms with Gasteiger partial charge in [-0.1, -0.05) is 19.3 Å². The lowest BCUT2D eigenvalue weighted by molar-refractivity contribution is -0.140. The van der Waals surface area contributed by atoms with Crippen molar-refractivity contribution in [1.29, 1.82) is 5.26 Å². The molecule has 0 aromatic heterocycles. The molecule has 0 radical (unpaired) electrons. The smallest absolute Gasteiger partial charge is 0.317 e. The van der Waals surface area contributed by atoms with Crippen molar-refractivity contribution in [3.05, 3.63) is 0 Å². The SMILES string of the molecule is CN(CCC#N)C(=O)NCC1(CC(=O)O)CCCCC1. The predicted molar refractivity (Wildman–Crippen MR) is 74.0 cm³/mol. The molecule has 0 saturated heterocycles. The van der Waals surface area contributed by atoms with Gasteiger partial charge in [-0.25, -0.2) is 4.79 Å². The number of carboxylic acid groups (broad SMARTS) is 1. The van der Waals surface area contributed by atoms with Crippen molar-refractivity contribution >= 4 is 12.0 Å². The minimum Gasteiger partial charge on any atom is -0.481 e. The summed E-state index contributed by atoms with van der Waals surface area (Å²) in [6.45, 7) is 0.781. The number of amides is 2. The highest BCUT2D eigenvalue weighted by atomic mass is 16.4. The lowest BCUT2D eigenvalue weighted by atomic mass is 9.72. The Morgan fingerprint density at radius 3 is 2.55 bits per heavy atom. The molecule has 6 nitrogen and oxygen atoms in total. The predicted octanol–water partition coefficient (Wildman–Crippen LogP) is 1.97. The van der Waals surface area contributed by atoms with Crippen molar-refractivity contribution < 1.29 is 14.7 Å². The number of hydrogen-bond acceptors (Lipinski definition) is 3. The van der Waals surface area contributed by atoms with E-state index < -0.39 is 5.97 Å². The summed E-state index contributed by atoms with van der Waals surface area (Å²) >= 11 is 0. The molecule has 2 N–H and O–H groups in total. The number of carboxylic acids is 1. The summed E-state index contributed by atoms with van der Waals surface area (Å²) in [6.07, 6.45) is 5.28. The van der Waals surface area contributed by atoms with E-state index in [1.54, 1.807) is 7.05 Å². The van der Waals surface area contributed by atoms with Crippen molar-refractivity contribution in [2.45, 2.75) is 44.9 Å². The first-order valence-corrected chi connectivity index (χ1v) is 7.07. The average Bonchev–Trinajstić information content (AvgIpc) is 2.42. The van der Waals surface area contributed by atoms with E-state index >= 15 is 0 Å². The Kier molecular flexibility index (Phi) is 6.29. The van der Waals surface area contributed by atoms with Crippen LogP contribution < -0.4 is 5.32 Å². The molecule has 1 saturated carbocycles. The summed E-state index contributed by atoms with van der Waals surface area (Å²) < 4.78 is 0. The van der Waals surface area contributed by atoms with Gasteiger partial charge < -0.3 is 15.3 Å². The van der Waals surface area contributed by atoms with Gasteiger partial charge in [0.1, 0.15) is 0 Å². The van der Waals surface area contributed by atoms with E-state index in [9.17, 15) is 9.59 Å². The first-order valence-electron chi connectivity index (χ1n) is 7.07. The maximum Gasteiger partial charge on any atom is 0.317 e. The van der Waals surface area contributed by atoms with Crippen molar-refractivity contribution in [2.24, 2.45) is 5.41 Å². The molecule has 0 aromatic rings. The molecule has 0 spiro atoms. The van der Waals surface area contributed by atoms with Crippen LogP contribution in [0.2, 0.25) is 0 Å². The maximum atomic E-state index is 11.9. The van der Waals surface area contributed by atoms with Crippen molar-refractivity contribution in [2.75, 3.05) is 20.1 Å². The molecule has 0 bridgehead atoms. The number of nitriles is 1. The van der Waals surface area contributed by atoms with Gasteiger partial charge in [-0.15, -0.1) is 0 Å². The van der Waals surface area contributed by atoms with Crippen molar-refractivity contribution in [3.63, 3.8) is 0 Å². The summed E-state index contributed by atoms with van der Waals surface area (Å²) in [4.78, 5) is 24.4. The van der Waals surface area contributed by atoms with Gasteiger partial charge in [-0.05, 0) is 18.3 Å². The van der Waals surface area contributed by atoms with E-state index in [4.69, 9.17) is 10.4 Å². The molecular weight excluding hydrogens is 258 g/mol. The van der Waals surface area contributed by atoms with Gasteiger partial charge in [-0.2, -0.15) is 5.26 Å². The van der Waals surface area contributed by atoms with E-state index in [2.05, 4.69) is 5.32 Å². The van der Waals surface area contributed by atoms with Crippen LogP contribution in [0.3, 0.4) is 0 Å². The van der Waals surface area contributed by atoms with Gasteiger partial charge in [0, 0.05) is 20.1 Å². The van der Waals surface area contributed by atoms with E-state index in [1.807, 2.05) is 6.07 Å². The van der Waals surface area contributed by atoms with Gasteiger partial charge in [0.25, 0.3) is 0 Å². The first kappa shape index (κ1) is 16.3. The van der Waals surface area contributed by atoms with E-state index in [1.165, 1.54) is 4.90 Å². The summed E-state index contributed by atoms with van der Waals surface area (Å²) in [5.41, 5.74) is -0.310. The molecule has 0 unspecified atom stereocenters. The molecule has 2 amide bonds. The Morgan fingerprint density at radius 2 is 2.00 bits per heavy atom. The van der Waals surface area contributed by atoms with E-state index in [-0.39, 0.29) is 17.9 Å². The van der Waals surface area contributed by atoms with Crippen LogP contribution in [0.15, 0.2) is 0 Å². The highest BCUT2D eigenvalue weighted by molar-refractivity contribution is 5.74. The fraction of sp³-hybridized carbons (Fsp3) is 0.786. The number of urea groups is 1. The monoisotopic (exact) mass is 281 g/mol. The fourth-order valence-electron chi connectivity index (χ4n) is 2.76. The number of carbonyl (C=O) groups is 2. The van der Waals surface area contributed by atoms with Gasteiger partial charge in [0.2, 0.25) is 0 Å².